The van der Waals surface area contributed by atoms with Crippen LogP contribution >= 0.6 is 36.4 Å². The predicted octanol–water partition coefficient (Wildman–Crippen LogP) is 4.76. The van der Waals surface area contributed by atoms with E-state index in [1.165, 1.54) is 6.92 Å². The van der Waals surface area contributed by atoms with Crippen molar-refractivity contribution < 1.29 is 19.2 Å². The molecular formula is C43H52Cl3N11O5. The van der Waals surface area contributed by atoms with Crippen LogP contribution in [-0.2, 0) is 16.1 Å². The smallest absolute Gasteiger partial charge is 0.263 e. The Labute approximate surface area is 377 Å². The highest BCUT2D eigenvalue weighted by atomic mass is 35.5. The highest BCUT2D eigenvalue weighted by molar-refractivity contribution is 6.35. The van der Waals surface area contributed by atoms with E-state index in [0.29, 0.717) is 45.4 Å². The van der Waals surface area contributed by atoms with E-state index in [4.69, 9.17) is 16.6 Å². The molecule has 3 saturated heterocycles. The van der Waals surface area contributed by atoms with E-state index in [1.54, 1.807) is 22.6 Å². The lowest BCUT2D eigenvalue weighted by Gasteiger charge is -2.39. The van der Waals surface area contributed by atoms with Gasteiger partial charge in [0.25, 0.3) is 11.5 Å². The first kappa shape index (κ1) is 45.2. The minimum atomic E-state index is -0.666. The lowest BCUT2D eigenvalue weighted by molar-refractivity contribution is -0.136. The normalized spacial score (nSPS) is 20.0. The van der Waals surface area contributed by atoms with E-state index in [-0.39, 0.29) is 72.5 Å². The molecule has 3 aromatic heterocycles. The van der Waals surface area contributed by atoms with Crippen molar-refractivity contribution >= 4 is 94.1 Å². The van der Waals surface area contributed by atoms with Crippen LogP contribution in [0.2, 0.25) is 5.02 Å². The Morgan fingerprint density at radius 2 is 1.53 bits per heavy atom. The average molecular weight is 909 g/mol. The van der Waals surface area contributed by atoms with Crippen LogP contribution in [0.4, 0.5) is 23.1 Å². The van der Waals surface area contributed by atoms with Gasteiger partial charge in [0.15, 0.2) is 5.78 Å². The lowest BCUT2D eigenvalue weighted by Crippen LogP contribution is -2.52. The van der Waals surface area contributed by atoms with Crippen LogP contribution in [0.3, 0.4) is 0 Å². The fraction of sp³-hybridized carbons (Fsp3) is 0.488. The minimum Gasteiger partial charge on any atom is -0.368 e. The molecule has 1 aromatic carbocycles. The third-order valence-corrected chi connectivity index (χ3v) is 13.5. The first-order valence-electron chi connectivity index (χ1n) is 21.1. The number of halogens is 3. The second-order valence-corrected chi connectivity index (χ2v) is 17.0. The molecule has 0 radical (unpaired) electrons. The summed E-state index contributed by atoms with van der Waals surface area (Å²) in [5.74, 6) is -0.233. The molecule has 0 spiro atoms. The number of aryl methyl sites for hydroxylation is 1. The highest BCUT2D eigenvalue weighted by Crippen LogP contribution is 2.38. The summed E-state index contributed by atoms with van der Waals surface area (Å²) in [5, 5.41) is 6.86. The van der Waals surface area contributed by atoms with Gasteiger partial charge in [0.2, 0.25) is 17.8 Å². The van der Waals surface area contributed by atoms with Crippen LogP contribution in [0.1, 0.15) is 83.3 Å². The van der Waals surface area contributed by atoms with E-state index in [1.807, 2.05) is 24.4 Å². The number of nitrogens with zero attached hydrogens (tertiary/aromatic N) is 9. The minimum absolute atomic E-state index is 0. The Bertz CT molecular complexity index is 2430. The number of hydrogen-bond donors (Lipinski definition) is 2. The molecule has 5 aliphatic rings. The van der Waals surface area contributed by atoms with Crippen LogP contribution < -0.4 is 26.0 Å². The maximum absolute atomic E-state index is 13.6. The highest BCUT2D eigenvalue weighted by Gasteiger charge is 2.40. The topological polar surface area (TPSA) is 169 Å². The van der Waals surface area contributed by atoms with Crippen molar-refractivity contribution in [2.75, 3.05) is 80.6 Å². The zero-order valence-electron chi connectivity index (χ0n) is 34.9. The Morgan fingerprint density at radius 1 is 0.855 bits per heavy atom. The van der Waals surface area contributed by atoms with Gasteiger partial charge in [-0.15, -0.1) is 24.8 Å². The van der Waals surface area contributed by atoms with E-state index in [0.717, 1.165) is 108 Å². The van der Waals surface area contributed by atoms with Crippen LogP contribution in [0, 0.1) is 6.92 Å². The molecule has 1 unspecified atom stereocenters. The molecule has 62 heavy (non-hydrogen) atoms. The molecular weight excluding hydrogens is 857 g/mol. The summed E-state index contributed by atoms with van der Waals surface area (Å²) in [4.78, 5) is 88.6. The predicted molar refractivity (Wildman–Crippen MR) is 243 cm³/mol. The number of ketones is 1. The van der Waals surface area contributed by atoms with Gasteiger partial charge in [-0.25, -0.2) is 9.97 Å². The number of hydrogen-bond acceptors (Lipinski definition) is 13. The molecule has 4 fully saturated rings. The molecule has 1 aliphatic carbocycles. The Kier molecular flexibility index (Phi) is 13.7. The van der Waals surface area contributed by atoms with Crippen molar-refractivity contribution in [2.24, 2.45) is 0 Å². The van der Waals surface area contributed by atoms with Gasteiger partial charge in [0.1, 0.15) is 17.5 Å². The van der Waals surface area contributed by atoms with Gasteiger partial charge >= 0.3 is 0 Å². The van der Waals surface area contributed by atoms with Crippen molar-refractivity contribution in [1.29, 1.82) is 0 Å². The van der Waals surface area contributed by atoms with Gasteiger partial charge in [0, 0.05) is 107 Å². The lowest BCUT2D eigenvalue weighted by atomic mass is 10.0. The summed E-state index contributed by atoms with van der Waals surface area (Å²) in [6.45, 7) is 12.6. The molecule has 1 atom stereocenters. The zero-order valence-corrected chi connectivity index (χ0v) is 37.3. The van der Waals surface area contributed by atoms with Gasteiger partial charge in [-0.3, -0.25) is 43.7 Å². The number of nitrogens with one attached hydrogen (secondary N) is 2. The molecule has 2 N–H and O–H groups in total. The number of aromatic nitrogens is 4. The van der Waals surface area contributed by atoms with Crippen molar-refractivity contribution in [3.05, 3.63) is 74.3 Å². The molecule has 4 aromatic rings. The maximum atomic E-state index is 13.6. The van der Waals surface area contributed by atoms with Crippen LogP contribution in [0.5, 0.6) is 0 Å². The fourth-order valence-electron chi connectivity index (χ4n) is 9.63. The maximum Gasteiger partial charge on any atom is 0.263 e. The van der Waals surface area contributed by atoms with E-state index < -0.39 is 11.9 Å². The molecule has 19 heteroatoms. The van der Waals surface area contributed by atoms with E-state index >= 15 is 0 Å². The van der Waals surface area contributed by atoms with Crippen LogP contribution in [-0.4, -0.2) is 129 Å². The number of piperidine rings is 1. The van der Waals surface area contributed by atoms with Crippen LogP contribution in [0.25, 0.3) is 11.0 Å². The number of Topliss-reactive ketones (excluding diaryl/α,β-unsaturated/α-hetero) is 1. The number of pyridine rings is 2. The summed E-state index contributed by atoms with van der Waals surface area (Å²) in [7, 11) is 0. The van der Waals surface area contributed by atoms with Crippen molar-refractivity contribution in [1.82, 2.24) is 39.5 Å². The monoisotopic (exact) mass is 907 g/mol. The second-order valence-electron chi connectivity index (χ2n) is 16.6. The zero-order chi connectivity index (χ0) is 41.7. The Balaban J connectivity index is 0.00000289. The molecule has 3 amide bonds. The van der Waals surface area contributed by atoms with Gasteiger partial charge in [0.05, 0.1) is 28.2 Å². The van der Waals surface area contributed by atoms with Gasteiger partial charge in [-0.05, 0) is 62.9 Å². The number of piperazine rings is 2. The molecule has 9 rings (SSSR count). The number of carbonyl (C=O) groups is 4. The molecule has 1 saturated carbocycles. The number of anilines is 4. The van der Waals surface area contributed by atoms with E-state index in [2.05, 4.69) is 46.3 Å². The van der Waals surface area contributed by atoms with Gasteiger partial charge < -0.3 is 20.0 Å². The van der Waals surface area contributed by atoms with Crippen molar-refractivity contribution in [3.63, 3.8) is 0 Å². The number of rotatable bonds is 10. The van der Waals surface area contributed by atoms with Crippen molar-refractivity contribution in [2.45, 2.75) is 71.0 Å². The second kappa shape index (κ2) is 18.9. The van der Waals surface area contributed by atoms with Crippen molar-refractivity contribution in [3.8, 4) is 0 Å². The number of benzene rings is 1. The standard InChI is InChI=1S/C43H50ClN11O5.2ClH/c1-26-31-24-46-43(49-39(31)55(28-5-3-4-6-28)42(60)37(26)27(2)56)47-35-11-7-29(23-45-35)52-19-15-50(16-20-52)13-14-51-17-21-53(22-18-51)33-9-8-30-32(38(33)44)25-54(41(30)59)34-10-12-36(57)48-40(34)58;;/h7-9,11,23-24,28,34H,3-6,10,12-22,25H2,1-2H3,(H,48,57,58)(H,45,46,47,49);2*1H. The number of fused-ring (bicyclic) bond motifs is 2. The van der Waals surface area contributed by atoms with E-state index in [9.17, 15) is 24.0 Å². The SMILES string of the molecule is CC(=O)c1c(C)c2cnc(Nc3ccc(N4CCN(CCN5CCN(c6ccc7c(c6Cl)CN(C6CCC(=O)NC6=O)C7=O)CC5)CC4)cn3)nc2n(C2CCCC2)c1=O.Cl.Cl. The molecule has 7 heterocycles. The van der Waals surface area contributed by atoms with Crippen LogP contribution in [0.15, 0.2) is 41.5 Å². The molecule has 4 aliphatic heterocycles. The van der Waals surface area contributed by atoms with Gasteiger partial charge in [-0.1, -0.05) is 24.4 Å². The summed E-state index contributed by atoms with van der Waals surface area (Å²) in [6.07, 6.45) is 7.96. The first-order valence-corrected chi connectivity index (χ1v) is 21.5. The molecule has 16 nitrogen and oxygen atoms in total. The number of imide groups is 1. The first-order chi connectivity index (χ1) is 29.0. The third kappa shape index (κ3) is 8.72. The Morgan fingerprint density at radius 3 is 2.16 bits per heavy atom. The largest absolute Gasteiger partial charge is 0.368 e. The summed E-state index contributed by atoms with van der Waals surface area (Å²) in [5.41, 5.74) is 4.35. The molecule has 330 valence electrons. The number of carbonyl (C=O) groups excluding carboxylic acids is 4. The Hall–Kier alpha value is -4.87. The summed E-state index contributed by atoms with van der Waals surface area (Å²) >= 11 is 6.94. The third-order valence-electron chi connectivity index (χ3n) is 13.0. The average Bonchev–Trinajstić information content (AvgIpc) is 3.89. The number of amides is 3. The summed E-state index contributed by atoms with van der Waals surface area (Å²) < 4.78 is 1.72. The fourth-order valence-corrected chi connectivity index (χ4v) is 9.98. The summed E-state index contributed by atoms with van der Waals surface area (Å²) in [6, 6.07) is 7.07. The quantitative estimate of drug-likeness (QED) is 0.165. The molecule has 0 bridgehead atoms. The van der Waals surface area contributed by atoms with Gasteiger partial charge in [-0.2, -0.15) is 4.98 Å².